The standard InChI is InChI=1S/C27H26N2O4S/c1-18(19-11-15-22(16-12-19)34(4,31)32)29(2)27(30)24-17-26(20-9-13-21(33-3)14-10-20)28-25-8-6-5-7-23(24)25/h5-18H,1-4H3. The number of ether oxygens (including phenoxy) is 1. The topological polar surface area (TPSA) is 76.6 Å². The molecule has 0 bridgehead atoms. The van der Waals surface area contributed by atoms with Crippen molar-refractivity contribution in [3.8, 4) is 17.0 Å². The van der Waals surface area contributed by atoms with Gasteiger partial charge in [-0.25, -0.2) is 13.4 Å². The number of sulfone groups is 1. The maximum absolute atomic E-state index is 13.7. The lowest BCUT2D eigenvalue weighted by Crippen LogP contribution is -2.30. The first-order valence-electron chi connectivity index (χ1n) is 10.8. The van der Waals surface area contributed by atoms with Crippen LogP contribution in [-0.4, -0.2) is 44.6 Å². The van der Waals surface area contributed by atoms with Crippen molar-refractivity contribution in [2.24, 2.45) is 0 Å². The molecule has 1 heterocycles. The van der Waals surface area contributed by atoms with Gasteiger partial charge in [-0.2, -0.15) is 0 Å². The van der Waals surface area contributed by atoms with Gasteiger partial charge in [-0.1, -0.05) is 30.3 Å². The Morgan fingerprint density at radius 1 is 0.971 bits per heavy atom. The molecular weight excluding hydrogens is 448 g/mol. The van der Waals surface area contributed by atoms with Crippen LogP contribution in [-0.2, 0) is 9.84 Å². The summed E-state index contributed by atoms with van der Waals surface area (Å²) in [5.41, 5.74) is 3.71. The molecule has 0 saturated heterocycles. The Bertz CT molecular complexity index is 1450. The Labute approximate surface area is 199 Å². The van der Waals surface area contributed by atoms with Gasteiger partial charge in [-0.05, 0) is 61.0 Å². The largest absolute Gasteiger partial charge is 0.497 e. The molecule has 6 nitrogen and oxygen atoms in total. The second-order valence-corrected chi connectivity index (χ2v) is 10.2. The van der Waals surface area contributed by atoms with Crippen LogP contribution in [0.25, 0.3) is 22.2 Å². The first-order valence-corrected chi connectivity index (χ1v) is 12.7. The number of rotatable bonds is 6. The first-order chi connectivity index (χ1) is 16.2. The van der Waals surface area contributed by atoms with Gasteiger partial charge in [-0.15, -0.1) is 0 Å². The Morgan fingerprint density at radius 2 is 1.62 bits per heavy atom. The number of nitrogens with zero attached hydrogens (tertiary/aromatic N) is 2. The van der Waals surface area contributed by atoms with Crippen molar-refractivity contribution in [3.05, 3.63) is 90.0 Å². The van der Waals surface area contributed by atoms with Crippen LogP contribution in [0.4, 0.5) is 0 Å². The summed E-state index contributed by atoms with van der Waals surface area (Å²) in [7, 11) is 0.0864. The molecule has 0 fully saturated rings. The van der Waals surface area contributed by atoms with E-state index in [2.05, 4.69) is 0 Å². The maximum Gasteiger partial charge on any atom is 0.254 e. The number of amides is 1. The van der Waals surface area contributed by atoms with E-state index in [1.54, 1.807) is 43.3 Å². The quantitative estimate of drug-likeness (QED) is 0.386. The average Bonchev–Trinajstić information content (AvgIpc) is 2.86. The Morgan fingerprint density at radius 3 is 2.24 bits per heavy atom. The smallest absolute Gasteiger partial charge is 0.254 e. The highest BCUT2D eigenvalue weighted by Crippen LogP contribution is 2.29. The van der Waals surface area contributed by atoms with Crippen LogP contribution >= 0.6 is 0 Å². The van der Waals surface area contributed by atoms with Crippen molar-refractivity contribution >= 4 is 26.6 Å². The minimum atomic E-state index is -3.28. The van der Waals surface area contributed by atoms with E-state index in [0.29, 0.717) is 11.3 Å². The zero-order valence-corrected chi connectivity index (χ0v) is 20.3. The van der Waals surface area contributed by atoms with Crippen molar-refractivity contribution in [1.82, 2.24) is 9.88 Å². The number of hydrogen-bond donors (Lipinski definition) is 0. The van der Waals surface area contributed by atoms with Gasteiger partial charge in [0, 0.05) is 24.3 Å². The first kappa shape index (κ1) is 23.4. The lowest BCUT2D eigenvalue weighted by atomic mass is 10.0. The third kappa shape index (κ3) is 4.65. The van der Waals surface area contributed by atoms with Gasteiger partial charge in [-0.3, -0.25) is 4.79 Å². The number of fused-ring (bicyclic) bond motifs is 1. The van der Waals surface area contributed by atoms with Crippen LogP contribution in [0, 0.1) is 0 Å². The summed E-state index contributed by atoms with van der Waals surface area (Å²) >= 11 is 0. The summed E-state index contributed by atoms with van der Waals surface area (Å²) in [5.74, 6) is 0.601. The number of benzene rings is 3. The van der Waals surface area contributed by atoms with Crippen LogP contribution < -0.4 is 4.74 Å². The number of hydrogen-bond acceptors (Lipinski definition) is 5. The minimum Gasteiger partial charge on any atom is -0.497 e. The molecule has 0 saturated carbocycles. The number of para-hydroxylation sites is 1. The predicted molar refractivity (Wildman–Crippen MR) is 134 cm³/mol. The van der Waals surface area contributed by atoms with E-state index >= 15 is 0 Å². The van der Waals surface area contributed by atoms with Crippen molar-refractivity contribution in [1.29, 1.82) is 0 Å². The predicted octanol–water partition coefficient (Wildman–Crippen LogP) is 5.15. The fraction of sp³-hybridized carbons (Fsp3) is 0.185. The monoisotopic (exact) mass is 474 g/mol. The number of methoxy groups -OCH3 is 1. The van der Waals surface area contributed by atoms with Crippen LogP contribution in [0.15, 0.2) is 83.8 Å². The van der Waals surface area contributed by atoms with Crippen molar-refractivity contribution in [2.75, 3.05) is 20.4 Å². The van der Waals surface area contributed by atoms with Gasteiger partial charge in [0.05, 0.1) is 34.8 Å². The second kappa shape index (κ2) is 9.27. The Balaban J connectivity index is 1.72. The van der Waals surface area contributed by atoms with Crippen LogP contribution in [0.5, 0.6) is 5.75 Å². The van der Waals surface area contributed by atoms with Crippen LogP contribution in [0.3, 0.4) is 0 Å². The Hall–Kier alpha value is -3.71. The molecule has 1 amide bonds. The van der Waals surface area contributed by atoms with E-state index in [-0.39, 0.29) is 16.8 Å². The normalized spacial score (nSPS) is 12.4. The second-order valence-electron chi connectivity index (χ2n) is 8.23. The third-order valence-corrected chi connectivity index (χ3v) is 7.15. The molecule has 0 aliphatic heterocycles. The van der Waals surface area contributed by atoms with Gasteiger partial charge in [0.2, 0.25) is 0 Å². The Kier molecular flexibility index (Phi) is 6.39. The third-order valence-electron chi connectivity index (χ3n) is 6.02. The van der Waals surface area contributed by atoms with Gasteiger partial charge >= 0.3 is 0 Å². The molecule has 4 aromatic rings. The lowest BCUT2D eigenvalue weighted by molar-refractivity contribution is 0.0744. The molecule has 3 aromatic carbocycles. The lowest BCUT2D eigenvalue weighted by Gasteiger charge is -2.26. The molecule has 1 unspecified atom stereocenters. The molecule has 7 heteroatoms. The molecule has 0 spiro atoms. The maximum atomic E-state index is 13.7. The van der Waals surface area contributed by atoms with E-state index < -0.39 is 9.84 Å². The van der Waals surface area contributed by atoms with Gasteiger partial charge < -0.3 is 9.64 Å². The number of aromatic nitrogens is 1. The molecule has 0 aliphatic carbocycles. The minimum absolute atomic E-state index is 0.145. The molecule has 1 aromatic heterocycles. The molecule has 1 atom stereocenters. The van der Waals surface area contributed by atoms with Gasteiger partial charge in [0.25, 0.3) is 5.91 Å². The highest BCUT2D eigenvalue weighted by Gasteiger charge is 2.22. The van der Waals surface area contributed by atoms with E-state index in [1.165, 1.54) is 6.26 Å². The molecule has 34 heavy (non-hydrogen) atoms. The molecular formula is C27H26N2O4S. The summed E-state index contributed by atoms with van der Waals surface area (Å²) in [5, 5.41) is 0.774. The van der Waals surface area contributed by atoms with E-state index in [1.807, 2.05) is 61.5 Å². The molecule has 0 radical (unpaired) electrons. The number of carbonyl (C=O) groups is 1. The van der Waals surface area contributed by atoms with E-state index in [0.717, 1.165) is 27.8 Å². The van der Waals surface area contributed by atoms with Crippen LogP contribution in [0.2, 0.25) is 0 Å². The summed E-state index contributed by atoms with van der Waals surface area (Å²) in [6.45, 7) is 1.92. The summed E-state index contributed by atoms with van der Waals surface area (Å²) in [6, 6.07) is 23.3. The average molecular weight is 475 g/mol. The van der Waals surface area contributed by atoms with E-state index in [9.17, 15) is 13.2 Å². The molecule has 4 rings (SSSR count). The molecule has 174 valence electrons. The summed E-state index contributed by atoms with van der Waals surface area (Å²) < 4.78 is 28.8. The fourth-order valence-corrected chi connectivity index (χ4v) is 4.48. The zero-order chi connectivity index (χ0) is 24.5. The molecule has 0 N–H and O–H groups in total. The summed E-state index contributed by atoms with van der Waals surface area (Å²) in [4.78, 5) is 20.3. The fourth-order valence-electron chi connectivity index (χ4n) is 3.85. The SMILES string of the molecule is COc1ccc(-c2cc(C(=O)N(C)C(C)c3ccc(S(C)(=O)=O)cc3)c3ccccc3n2)cc1. The van der Waals surface area contributed by atoms with E-state index in [4.69, 9.17) is 9.72 Å². The van der Waals surface area contributed by atoms with Gasteiger partial charge in [0.15, 0.2) is 9.84 Å². The number of carbonyl (C=O) groups excluding carboxylic acids is 1. The highest BCUT2D eigenvalue weighted by atomic mass is 32.2. The van der Waals surface area contributed by atoms with Crippen molar-refractivity contribution in [3.63, 3.8) is 0 Å². The van der Waals surface area contributed by atoms with Crippen LogP contribution in [0.1, 0.15) is 28.9 Å². The van der Waals surface area contributed by atoms with Crippen molar-refractivity contribution in [2.45, 2.75) is 17.9 Å². The molecule has 0 aliphatic rings. The van der Waals surface area contributed by atoms with Crippen molar-refractivity contribution < 1.29 is 17.9 Å². The van der Waals surface area contributed by atoms with Gasteiger partial charge in [0.1, 0.15) is 5.75 Å². The highest BCUT2D eigenvalue weighted by molar-refractivity contribution is 7.90. The zero-order valence-electron chi connectivity index (χ0n) is 19.5. The number of pyridine rings is 1. The summed E-state index contributed by atoms with van der Waals surface area (Å²) in [6.07, 6.45) is 1.18.